The summed E-state index contributed by atoms with van der Waals surface area (Å²) < 4.78 is 16.4. The average molecular weight is 284 g/mol. The van der Waals surface area contributed by atoms with E-state index in [9.17, 15) is 0 Å². The Morgan fingerprint density at radius 1 is 1.10 bits per heavy atom. The van der Waals surface area contributed by atoms with Gasteiger partial charge in [-0.05, 0) is 24.3 Å². The average Bonchev–Trinajstić information content (AvgIpc) is 2.99. The minimum Gasteiger partial charge on any atom is -0.493 e. The smallest absolute Gasteiger partial charge is 0.185 e. The molecule has 0 radical (unpaired) electrons. The number of aromatic nitrogens is 2. The number of methoxy groups -OCH3 is 2. The van der Waals surface area contributed by atoms with E-state index in [1.54, 1.807) is 26.5 Å². The monoisotopic (exact) mass is 284 g/mol. The third-order valence-electron chi connectivity index (χ3n) is 3.27. The van der Waals surface area contributed by atoms with E-state index >= 15 is 0 Å². The third-order valence-corrected chi connectivity index (χ3v) is 3.27. The van der Waals surface area contributed by atoms with E-state index in [4.69, 9.17) is 14.2 Å². The Balaban J connectivity index is 1.80. The summed E-state index contributed by atoms with van der Waals surface area (Å²) in [6, 6.07) is 9.66. The first-order valence-corrected chi connectivity index (χ1v) is 6.57. The van der Waals surface area contributed by atoms with E-state index in [2.05, 4.69) is 9.97 Å². The molecule has 0 atom stereocenters. The maximum absolute atomic E-state index is 5.80. The van der Waals surface area contributed by atoms with Gasteiger partial charge in [0.2, 0.25) is 0 Å². The number of fused-ring (bicyclic) bond motifs is 1. The number of aromatic amines is 1. The molecule has 0 aliphatic heterocycles. The van der Waals surface area contributed by atoms with Crippen LogP contribution in [0.1, 0.15) is 5.69 Å². The molecule has 5 heteroatoms. The molecule has 5 nitrogen and oxygen atoms in total. The zero-order valence-corrected chi connectivity index (χ0v) is 11.9. The Morgan fingerprint density at radius 3 is 2.81 bits per heavy atom. The van der Waals surface area contributed by atoms with Crippen molar-refractivity contribution in [1.29, 1.82) is 0 Å². The molecule has 0 amide bonds. The molecule has 1 aromatic carbocycles. The SMILES string of the molecule is COc1ccnc(COc2ccc3[nH]ccc3c2)c1OC. The lowest BCUT2D eigenvalue weighted by atomic mass is 10.2. The maximum atomic E-state index is 5.80. The van der Waals surface area contributed by atoms with E-state index in [1.165, 1.54) is 0 Å². The maximum Gasteiger partial charge on any atom is 0.185 e. The van der Waals surface area contributed by atoms with Gasteiger partial charge >= 0.3 is 0 Å². The van der Waals surface area contributed by atoms with E-state index in [1.807, 2.05) is 30.5 Å². The molecule has 2 heterocycles. The third kappa shape index (κ3) is 2.63. The Kier molecular flexibility index (Phi) is 3.64. The van der Waals surface area contributed by atoms with Gasteiger partial charge in [-0.1, -0.05) is 0 Å². The van der Waals surface area contributed by atoms with Crippen molar-refractivity contribution in [2.24, 2.45) is 0 Å². The van der Waals surface area contributed by atoms with Gasteiger partial charge in [0.25, 0.3) is 0 Å². The number of ether oxygens (including phenoxy) is 3. The Labute approximate surface area is 122 Å². The van der Waals surface area contributed by atoms with E-state index < -0.39 is 0 Å². The highest BCUT2D eigenvalue weighted by Gasteiger charge is 2.11. The van der Waals surface area contributed by atoms with Crippen LogP contribution in [0.3, 0.4) is 0 Å². The van der Waals surface area contributed by atoms with Gasteiger partial charge in [-0.2, -0.15) is 0 Å². The lowest BCUT2D eigenvalue weighted by molar-refractivity contribution is 0.285. The molecule has 1 N–H and O–H groups in total. The molecule has 108 valence electrons. The van der Waals surface area contributed by atoms with Gasteiger partial charge in [0.15, 0.2) is 11.5 Å². The summed E-state index contributed by atoms with van der Waals surface area (Å²) in [7, 11) is 3.19. The standard InChI is InChI=1S/C16H16N2O3/c1-19-15-6-8-18-14(16(15)20-2)10-21-12-3-4-13-11(9-12)5-7-17-13/h3-9,17H,10H2,1-2H3. The van der Waals surface area contributed by atoms with E-state index in [-0.39, 0.29) is 0 Å². The molecule has 0 aliphatic carbocycles. The predicted octanol–water partition coefficient (Wildman–Crippen LogP) is 3.16. The predicted molar refractivity (Wildman–Crippen MR) is 80.0 cm³/mol. The topological polar surface area (TPSA) is 56.4 Å². The minimum absolute atomic E-state index is 0.316. The van der Waals surface area contributed by atoms with Crippen molar-refractivity contribution < 1.29 is 14.2 Å². The van der Waals surface area contributed by atoms with Crippen LogP contribution in [-0.4, -0.2) is 24.2 Å². The van der Waals surface area contributed by atoms with Crippen molar-refractivity contribution in [2.45, 2.75) is 6.61 Å². The van der Waals surface area contributed by atoms with Gasteiger partial charge < -0.3 is 19.2 Å². The zero-order valence-electron chi connectivity index (χ0n) is 11.9. The van der Waals surface area contributed by atoms with Crippen LogP contribution in [0.2, 0.25) is 0 Å². The van der Waals surface area contributed by atoms with Gasteiger partial charge in [-0.3, -0.25) is 4.98 Å². The molecule has 2 aromatic heterocycles. The fraction of sp³-hybridized carbons (Fsp3) is 0.188. The van der Waals surface area contributed by atoms with Crippen LogP contribution in [0.15, 0.2) is 42.7 Å². The molecular formula is C16H16N2O3. The molecule has 0 bridgehead atoms. The number of pyridine rings is 1. The highest BCUT2D eigenvalue weighted by molar-refractivity contribution is 5.80. The fourth-order valence-electron chi connectivity index (χ4n) is 2.23. The molecular weight excluding hydrogens is 268 g/mol. The number of nitrogens with one attached hydrogen (secondary N) is 1. The molecule has 0 fully saturated rings. The molecule has 3 aromatic rings. The first-order valence-electron chi connectivity index (χ1n) is 6.57. The van der Waals surface area contributed by atoms with Crippen molar-refractivity contribution in [3.63, 3.8) is 0 Å². The van der Waals surface area contributed by atoms with Crippen molar-refractivity contribution >= 4 is 10.9 Å². The summed E-state index contributed by atoms with van der Waals surface area (Å²) in [5, 5.41) is 1.11. The van der Waals surface area contributed by atoms with Crippen LogP contribution in [0.4, 0.5) is 0 Å². The summed E-state index contributed by atoms with van der Waals surface area (Å²) in [4.78, 5) is 7.44. The molecule has 0 spiro atoms. The summed E-state index contributed by atoms with van der Waals surface area (Å²) in [5.41, 5.74) is 1.78. The number of benzene rings is 1. The molecule has 0 unspecified atom stereocenters. The van der Waals surface area contributed by atoms with Gasteiger partial charge in [0.1, 0.15) is 18.1 Å². The Bertz CT molecular complexity index is 752. The second-order valence-corrected chi connectivity index (χ2v) is 4.51. The highest BCUT2D eigenvalue weighted by Crippen LogP contribution is 2.30. The lowest BCUT2D eigenvalue weighted by Crippen LogP contribution is -2.03. The van der Waals surface area contributed by atoms with Crippen molar-refractivity contribution in [3.05, 3.63) is 48.4 Å². The van der Waals surface area contributed by atoms with Gasteiger partial charge in [-0.25, -0.2) is 0 Å². The van der Waals surface area contributed by atoms with Crippen LogP contribution < -0.4 is 14.2 Å². The minimum atomic E-state index is 0.316. The van der Waals surface area contributed by atoms with Crippen molar-refractivity contribution in [1.82, 2.24) is 9.97 Å². The van der Waals surface area contributed by atoms with Gasteiger partial charge in [0.05, 0.1) is 14.2 Å². The normalized spacial score (nSPS) is 10.6. The van der Waals surface area contributed by atoms with Gasteiger partial charge in [-0.15, -0.1) is 0 Å². The van der Waals surface area contributed by atoms with Crippen LogP contribution in [-0.2, 0) is 6.61 Å². The van der Waals surface area contributed by atoms with Crippen LogP contribution >= 0.6 is 0 Å². The van der Waals surface area contributed by atoms with Crippen LogP contribution in [0.5, 0.6) is 17.2 Å². The van der Waals surface area contributed by atoms with E-state index in [0.717, 1.165) is 16.7 Å². The number of hydrogen-bond donors (Lipinski definition) is 1. The zero-order chi connectivity index (χ0) is 14.7. The summed E-state index contributed by atoms with van der Waals surface area (Å²) in [5.74, 6) is 2.03. The summed E-state index contributed by atoms with van der Waals surface area (Å²) in [6.07, 6.45) is 3.58. The van der Waals surface area contributed by atoms with E-state index in [0.29, 0.717) is 23.8 Å². The first kappa shape index (κ1) is 13.3. The van der Waals surface area contributed by atoms with Crippen LogP contribution in [0, 0.1) is 0 Å². The van der Waals surface area contributed by atoms with Gasteiger partial charge in [0, 0.05) is 29.4 Å². The second kappa shape index (κ2) is 5.75. The molecule has 0 saturated heterocycles. The molecule has 3 rings (SSSR count). The second-order valence-electron chi connectivity index (χ2n) is 4.51. The Hall–Kier alpha value is -2.69. The fourth-order valence-corrected chi connectivity index (χ4v) is 2.23. The summed E-state index contributed by atoms with van der Waals surface area (Å²) in [6.45, 7) is 0.316. The van der Waals surface area contributed by atoms with Crippen molar-refractivity contribution in [3.8, 4) is 17.2 Å². The van der Waals surface area contributed by atoms with Crippen molar-refractivity contribution in [2.75, 3.05) is 14.2 Å². The Morgan fingerprint density at radius 2 is 2.00 bits per heavy atom. The lowest BCUT2D eigenvalue weighted by Gasteiger charge is -2.12. The first-order chi connectivity index (χ1) is 10.3. The number of rotatable bonds is 5. The highest BCUT2D eigenvalue weighted by atomic mass is 16.5. The largest absolute Gasteiger partial charge is 0.493 e. The number of nitrogens with zero attached hydrogens (tertiary/aromatic N) is 1. The number of hydrogen-bond acceptors (Lipinski definition) is 4. The van der Waals surface area contributed by atoms with Crippen LogP contribution in [0.25, 0.3) is 10.9 Å². The molecule has 0 aliphatic rings. The molecule has 0 saturated carbocycles. The number of H-pyrrole nitrogens is 1. The summed E-state index contributed by atoms with van der Waals surface area (Å²) >= 11 is 0. The quantitative estimate of drug-likeness (QED) is 0.782. The molecule has 21 heavy (non-hydrogen) atoms.